The van der Waals surface area contributed by atoms with E-state index < -0.39 is 0 Å². The van der Waals surface area contributed by atoms with Crippen molar-refractivity contribution in [2.75, 3.05) is 30.8 Å². The molecule has 3 atom stereocenters. The van der Waals surface area contributed by atoms with E-state index in [0.717, 1.165) is 37.1 Å². The quantitative estimate of drug-likeness (QED) is 0.502. The number of carbonyl (C=O) groups is 2. The SMILES string of the molecule is COc1ccc(NC(=O)c2ccc(-c3ccccc3)cc2)cc1NC(=O)[C@H](C)N1CC2CCC(C1)O2. The largest absolute Gasteiger partial charge is 0.495 e. The van der Waals surface area contributed by atoms with Crippen LogP contribution in [-0.4, -0.2) is 55.2 Å². The van der Waals surface area contributed by atoms with Crippen molar-refractivity contribution in [3.8, 4) is 16.9 Å². The highest BCUT2D eigenvalue weighted by Gasteiger charge is 2.37. The van der Waals surface area contributed by atoms with E-state index in [2.05, 4.69) is 15.5 Å². The number of ether oxygens (including phenoxy) is 2. The molecule has 3 aromatic carbocycles. The predicted molar refractivity (Wildman–Crippen MR) is 140 cm³/mol. The average molecular weight is 486 g/mol. The Labute approximate surface area is 211 Å². The number of benzene rings is 3. The maximum absolute atomic E-state index is 13.1. The number of anilines is 2. The van der Waals surface area contributed by atoms with E-state index in [0.29, 0.717) is 22.7 Å². The van der Waals surface area contributed by atoms with Gasteiger partial charge in [-0.05, 0) is 61.2 Å². The Hall–Kier alpha value is -3.68. The lowest BCUT2D eigenvalue weighted by Gasteiger charge is -2.35. The Balaban J connectivity index is 1.25. The molecule has 0 aliphatic carbocycles. The molecule has 2 bridgehead atoms. The molecule has 2 heterocycles. The van der Waals surface area contributed by atoms with Crippen molar-refractivity contribution >= 4 is 23.2 Å². The van der Waals surface area contributed by atoms with Gasteiger partial charge in [-0.2, -0.15) is 0 Å². The standard InChI is InChI=1S/C29H31N3O4/c1-19(32-17-24-13-14-25(18-32)36-24)28(33)31-26-16-23(12-15-27(26)35-2)30-29(34)22-10-8-21(9-11-22)20-6-4-3-5-7-20/h3-12,15-16,19,24-25H,13-14,17-18H2,1-2H3,(H,30,34)(H,31,33)/t19-,24?,25?/m0/s1. The molecule has 2 aliphatic heterocycles. The summed E-state index contributed by atoms with van der Waals surface area (Å²) in [5.41, 5.74) is 3.78. The number of fused-ring (bicyclic) bond motifs is 2. The molecule has 0 radical (unpaired) electrons. The summed E-state index contributed by atoms with van der Waals surface area (Å²) in [7, 11) is 1.56. The van der Waals surface area contributed by atoms with E-state index in [1.165, 1.54) is 0 Å². The van der Waals surface area contributed by atoms with Crippen molar-refractivity contribution in [3.05, 3.63) is 78.4 Å². The Morgan fingerprint density at radius 2 is 1.58 bits per heavy atom. The number of morpholine rings is 1. The molecule has 7 nitrogen and oxygen atoms in total. The maximum atomic E-state index is 13.1. The van der Waals surface area contributed by atoms with E-state index in [1.54, 1.807) is 37.4 Å². The van der Waals surface area contributed by atoms with Gasteiger partial charge in [-0.15, -0.1) is 0 Å². The number of methoxy groups -OCH3 is 1. The predicted octanol–water partition coefficient (Wildman–Crippen LogP) is 4.80. The molecular weight excluding hydrogens is 454 g/mol. The zero-order chi connectivity index (χ0) is 25.1. The van der Waals surface area contributed by atoms with Gasteiger partial charge in [-0.1, -0.05) is 42.5 Å². The van der Waals surface area contributed by atoms with E-state index in [9.17, 15) is 9.59 Å². The van der Waals surface area contributed by atoms with Gasteiger partial charge < -0.3 is 20.1 Å². The second-order valence-corrected chi connectivity index (χ2v) is 9.39. The van der Waals surface area contributed by atoms with Gasteiger partial charge in [0.15, 0.2) is 0 Å². The van der Waals surface area contributed by atoms with Crippen LogP contribution in [0, 0.1) is 0 Å². The normalized spacial score (nSPS) is 19.9. The molecule has 0 spiro atoms. The number of carbonyl (C=O) groups excluding carboxylic acids is 2. The Bertz CT molecular complexity index is 1220. The second-order valence-electron chi connectivity index (χ2n) is 9.39. The summed E-state index contributed by atoms with van der Waals surface area (Å²) < 4.78 is 11.4. The maximum Gasteiger partial charge on any atom is 0.255 e. The van der Waals surface area contributed by atoms with Gasteiger partial charge in [-0.25, -0.2) is 0 Å². The molecule has 0 saturated carbocycles. The van der Waals surface area contributed by atoms with Crippen molar-refractivity contribution in [2.24, 2.45) is 0 Å². The van der Waals surface area contributed by atoms with Crippen LogP contribution >= 0.6 is 0 Å². The molecule has 2 saturated heterocycles. The number of nitrogens with zero attached hydrogens (tertiary/aromatic N) is 1. The third-order valence-electron chi connectivity index (χ3n) is 6.97. The summed E-state index contributed by atoms with van der Waals surface area (Å²) in [5.74, 6) is 0.187. The summed E-state index contributed by atoms with van der Waals surface area (Å²) in [5, 5.41) is 5.91. The molecule has 5 rings (SSSR count). The van der Waals surface area contributed by atoms with Gasteiger partial charge >= 0.3 is 0 Å². The first-order chi connectivity index (χ1) is 17.5. The summed E-state index contributed by atoms with van der Waals surface area (Å²) in [6, 6.07) is 22.4. The van der Waals surface area contributed by atoms with Crippen LogP contribution in [0.5, 0.6) is 5.75 Å². The summed E-state index contributed by atoms with van der Waals surface area (Å²) >= 11 is 0. The van der Waals surface area contributed by atoms with Crippen molar-refractivity contribution < 1.29 is 19.1 Å². The van der Waals surface area contributed by atoms with Crippen LogP contribution in [0.3, 0.4) is 0 Å². The molecule has 36 heavy (non-hydrogen) atoms. The van der Waals surface area contributed by atoms with E-state index in [-0.39, 0.29) is 30.1 Å². The Morgan fingerprint density at radius 3 is 2.25 bits per heavy atom. The fourth-order valence-electron chi connectivity index (χ4n) is 4.90. The number of nitrogens with one attached hydrogen (secondary N) is 2. The minimum absolute atomic E-state index is 0.116. The van der Waals surface area contributed by atoms with E-state index in [4.69, 9.17) is 9.47 Å². The van der Waals surface area contributed by atoms with Crippen LogP contribution in [0.4, 0.5) is 11.4 Å². The lowest BCUT2D eigenvalue weighted by atomic mass is 10.0. The fourth-order valence-corrected chi connectivity index (χ4v) is 4.90. The number of amides is 2. The van der Waals surface area contributed by atoms with Gasteiger partial charge in [-0.3, -0.25) is 14.5 Å². The summed E-state index contributed by atoms with van der Waals surface area (Å²) in [6.07, 6.45) is 2.54. The topological polar surface area (TPSA) is 79.9 Å². The van der Waals surface area contributed by atoms with Gasteiger partial charge in [0.05, 0.1) is 31.0 Å². The zero-order valence-electron chi connectivity index (χ0n) is 20.6. The van der Waals surface area contributed by atoms with Gasteiger partial charge in [0.2, 0.25) is 5.91 Å². The van der Waals surface area contributed by atoms with Crippen LogP contribution in [-0.2, 0) is 9.53 Å². The highest BCUT2D eigenvalue weighted by Crippen LogP contribution is 2.30. The van der Waals surface area contributed by atoms with Crippen molar-refractivity contribution in [2.45, 2.75) is 38.0 Å². The number of rotatable bonds is 7. The van der Waals surface area contributed by atoms with Crippen LogP contribution in [0.25, 0.3) is 11.1 Å². The average Bonchev–Trinajstić information content (AvgIpc) is 3.26. The Morgan fingerprint density at radius 1 is 0.917 bits per heavy atom. The van der Waals surface area contributed by atoms with Gasteiger partial charge in [0.25, 0.3) is 5.91 Å². The van der Waals surface area contributed by atoms with Gasteiger partial charge in [0, 0.05) is 24.3 Å². The minimum Gasteiger partial charge on any atom is -0.495 e. The van der Waals surface area contributed by atoms with Crippen molar-refractivity contribution in [3.63, 3.8) is 0 Å². The zero-order valence-corrected chi connectivity index (χ0v) is 20.6. The Kier molecular flexibility index (Phi) is 7.02. The molecule has 0 aromatic heterocycles. The molecular formula is C29H31N3O4. The molecule has 2 amide bonds. The molecule has 2 unspecified atom stereocenters. The minimum atomic E-state index is -0.303. The third-order valence-corrected chi connectivity index (χ3v) is 6.97. The molecule has 3 aromatic rings. The van der Waals surface area contributed by atoms with Crippen LogP contribution < -0.4 is 15.4 Å². The third kappa shape index (κ3) is 5.27. The molecule has 7 heteroatoms. The van der Waals surface area contributed by atoms with E-state index >= 15 is 0 Å². The molecule has 2 N–H and O–H groups in total. The highest BCUT2D eigenvalue weighted by atomic mass is 16.5. The smallest absolute Gasteiger partial charge is 0.255 e. The monoisotopic (exact) mass is 485 g/mol. The first-order valence-corrected chi connectivity index (χ1v) is 12.4. The molecule has 186 valence electrons. The molecule has 2 fully saturated rings. The van der Waals surface area contributed by atoms with Crippen LogP contribution in [0.15, 0.2) is 72.8 Å². The fraction of sp³-hybridized carbons (Fsp3) is 0.310. The second kappa shape index (κ2) is 10.5. The first kappa shape index (κ1) is 24.0. The van der Waals surface area contributed by atoms with E-state index in [1.807, 2.05) is 49.4 Å². The van der Waals surface area contributed by atoms with Crippen LogP contribution in [0.2, 0.25) is 0 Å². The lowest BCUT2D eigenvalue weighted by Crippen LogP contribution is -2.51. The number of hydrogen-bond acceptors (Lipinski definition) is 5. The van der Waals surface area contributed by atoms with Crippen LogP contribution in [0.1, 0.15) is 30.1 Å². The number of hydrogen-bond donors (Lipinski definition) is 2. The first-order valence-electron chi connectivity index (χ1n) is 12.4. The highest BCUT2D eigenvalue weighted by molar-refractivity contribution is 6.05. The lowest BCUT2D eigenvalue weighted by molar-refractivity contribution is -0.124. The summed E-state index contributed by atoms with van der Waals surface area (Å²) in [6.45, 7) is 3.44. The van der Waals surface area contributed by atoms with Crippen molar-refractivity contribution in [1.29, 1.82) is 0 Å². The van der Waals surface area contributed by atoms with Gasteiger partial charge in [0.1, 0.15) is 5.75 Å². The van der Waals surface area contributed by atoms with Crippen molar-refractivity contribution in [1.82, 2.24) is 4.90 Å². The summed E-state index contributed by atoms with van der Waals surface area (Å²) in [4.78, 5) is 28.1. The molecule has 2 aliphatic rings. The number of likely N-dealkylation sites (tertiary alicyclic amines) is 1.